The Morgan fingerprint density at radius 2 is 1.27 bits per heavy atom. The highest BCUT2D eigenvalue weighted by Crippen LogP contribution is 2.28. The van der Waals surface area contributed by atoms with Crippen molar-refractivity contribution >= 4 is 33.0 Å². The minimum atomic E-state index is -5.08. The number of aliphatic carboxylic acids is 2. The zero-order valence-electron chi connectivity index (χ0n) is 21.1. The average molecular weight is 607 g/mol. The molecule has 1 aromatic heterocycles. The summed E-state index contributed by atoms with van der Waals surface area (Å²) in [7, 11) is -3.64. The van der Waals surface area contributed by atoms with Crippen LogP contribution in [0, 0.1) is 0 Å². The molecule has 3 N–H and O–H groups in total. The van der Waals surface area contributed by atoms with Gasteiger partial charge in [-0.3, -0.25) is 4.57 Å². The van der Waals surface area contributed by atoms with Crippen LogP contribution in [0.15, 0.2) is 29.1 Å². The number of halogens is 6. The molecule has 2 saturated heterocycles. The summed E-state index contributed by atoms with van der Waals surface area (Å²) in [4.78, 5) is 33.3. The van der Waals surface area contributed by atoms with E-state index in [2.05, 4.69) is 10.2 Å². The van der Waals surface area contributed by atoms with E-state index in [0.29, 0.717) is 17.1 Å². The fraction of sp³-hybridized carbons (Fsp3) is 0.591. The molecule has 11 nitrogen and oxygen atoms in total. The molecule has 2 aromatic rings. The number of piperidine rings is 2. The van der Waals surface area contributed by atoms with Crippen molar-refractivity contribution in [2.75, 3.05) is 32.4 Å². The molecule has 0 saturated carbocycles. The van der Waals surface area contributed by atoms with Gasteiger partial charge in [0.25, 0.3) is 0 Å². The molecule has 1 aromatic carbocycles. The van der Waals surface area contributed by atoms with E-state index >= 15 is 0 Å². The molecule has 4 rings (SSSR count). The van der Waals surface area contributed by atoms with Gasteiger partial charge in [-0.2, -0.15) is 30.3 Å². The standard InChI is InChI=1S/C18H26N4O3S.2C2HF3O2/c1-26(24,25)22-17-5-3-2-4-16(17)21(18(22)23)15-8-12-20(13-9-15)14-6-10-19-11-7-14;2*3-2(4,5)1(6)7/h2-5,14-15,19H,6-13H2,1H3;2*(H,6,7). The monoisotopic (exact) mass is 606 g/mol. The zero-order valence-corrected chi connectivity index (χ0v) is 21.9. The number of fused-ring (bicyclic) bond motifs is 1. The third-order valence-electron chi connectivity index (χ3n) is 6.25. The van der Waals surface area contributed by atoms with E-state index in [1.165, 1.54) is 12.8 Å². The van der Waals surface area contributed by atoms with Crippen molar-refractivity contribution in [3.63, 3.8) is 0 Å². The van der Waals surface area contributed by atoms with Gasteiger partial charge in [-0.15, -0.1) is 0 Å². The summed E-state index contributed by atoms with van der Waals surface area (Å²) in [5.74, 6) is -5.51. The number of likely N-dealkylation sites (tertiary alicyclic amines) is 1. The van der Waals surface area contributed by atoms with Crippen molar-refractivity contribution in [1.29, 1.82) is 0 Å². The Morgan fingerprint density at radius 3 is 1.68 bits per heavy atom. The number of imidazole rings is 1. The van der Waals surface area contributed by atoms with Gasteiger partial charge in [0.1, 0.15) is 0 Å². The van der Waals surface area contributed by atoms with Gasteiger partial charge in [0.15, 0.2) is 0 Å². The maximum Gasteiger partial charge on any atom is 0.490 e. The molecule has 0 amide bonds. The van der Waals surface area contributed by atoms with Crippen molar-refractivity contribution in [2.24, 2.45) is 0 Å². The number of hydrogen-bond acceptors (Lipinski definition) is 7. The minimum absolute atomic E-state index is 0.0494. The number of benzene rings is 1. The van der Waals surface area contributed by atoms with Crippen molar-refractivity contribution < 1.29 is 54.6 Å². The van der Waals surface area contributed by atoms with E-state index in [-0.39, 0.29) is 6.04 Å². The minimum Gasteiger partial charge on any atom is -0.475 e. The number of nitrogens with one attached hydrogen (secondary N) is 1. The molecule has 3 heterocycles. The molecule has 2 aliphatic rings. The summed E-state index contributed by atoms with van der Waals surface area (Å²) in [6, 6.07) is 7.86. The van der Waals surface area contributed by atoms with Gasteiger partial charge in [-0.25, -0.2) is 22.8 Å². The van der Waals surface area contributed by atoms with Gasteiger partial charge in [0.05, 0.1) is 17.3 Å². The third-order valence-corrected chi connectivity index (χ3v) is 7.26. The largest absolute Gasteiger partial charge is 0.490 e. The van der Waals surface area contributed by atoms with Crippen LogP contribution in [0.1, 0.15) is 31.7 Å². The molecule has 0 aliphatic carbocycles. The molecule has 0 unspecified atom stereocenters. The number of alkyl halides is 6. The van der Waals surface area contributed by atoms with Crippen LogP contribution in [0.2, 0.25) is 0 Å². The highest BCUT2D eigenvalue weighted by molar-refractivity contribution is 7.89. The summed E-state index contributed by atoms with van der Waals surface area (Å²) in [6.07, 6.45) is -4.97. The Labute approximate surface area is 224 Å². The summed E-state index contributed by atoms with van der Waals surface area (Å²) in [5.41, 5.74) is 0.748. The number of carboxylic acids is 2. The number of para-hydroxylation sites is 2. The quantitative estimate of drug-likeness (QED) is 0.447. The molecule has 0 bridgehead atoms. The molecule has 2 aliphatic heterocycles. The summed E-state index contributed by atoms with van der Waals surface area (Å²) in [6.45, 7) is 4.07. The van der Waals surface area contributed by atoms with Crippen molar-refractivity contribution in [2.45, 2.75) is 50.1 Å². The predicted octanol–water partition coefficient (Wildman–Crippen LogP) is 2.27. The topological polar surface area (TPSA) is 151 Å². The second kappa shape index (κ2) is 13.0. The van der Waals surface area contributed by atoms with Crippen molar-refractivity contribution in [1.82, 2.24) is 18.8 Å². The normalized spacial score (nSPS) is 17.9. The molecule has 0 radical (unpaired) electrons. The van der Waals surface area contributed by atoms with Crippen molar-refractivity contribution in [3.8, 4) is 0 Å². The lowest BCUT2D eigenvalue weighted by Crippen LogP contribution is -2.47. The number of carbonyl (C=O) groups is 2. The van der Waals surface area contributed by atoms with Crippen LogP contribution >= 0.6 is 0 Å². The maximum absolute atomic E-state index is 12.9. The number of carboxylic acid groups (broad SMARTS) is 2. The first-order valence-electron chi connectivity index (χ1n) is 11.8. The van der Waals surface area contributed by atoms with Crippen LogP contribution in [0.5, 0.6) is 0 Å². The number of nitrogens with zero attached hydrogens (tertiary/aromatic N) is 3. The van der Waals surface area contributed by atoms with E-state index in [1.54, 1.807) is 16.7 Å². The first-order valence-corrected chi connectivity index (χ1v) is 13.7. The number of aromatic nitrogens is 2. The van der Waals surface area contributed by atoms with Crippen LogP contribution in [-0.2, 0) is 19.6 Å². The lowest BCUT2D eigenvalue weighted by atomic mass is 9.98. The molecular weight excluding hydrogens is 578 g/mol. The lowest BCUT2D eigenvalue weighted by molar-refractivity contribution is -0.193. The predicted molar refractivity (Wildman–Crippen MR) is 130 cm³/mol. The van der Waals surface area contributed by atoms with E-state index in [9.17, 15) is 39.6 Å². The maximum atomic E-state index is 12.9. The smallest absolute Gasteiger partial charge is 0.475 e. The molecular formula is C22H28F6N4O7S. The van der Waals surface area contributed by atoms with Gasteiger partial charge >= 0.3 is 30.0 Å². The molecule has 226 valence electrons. The molecule has 40 heavy (non-hydrogen) atoms. The van der Waals surface area contributed by atoms with Gasteiger partial charge in [0, 0.05) is 25.2 Å². The molecule has 2 fully saturated rings. The first-order chi connectivity index (χ1) is 18.4. The Kier molecular flexibility index (Phi) is 10.8. The Morgan fingerprint density at radius 1 is 0.850 bits per heavy atom. The lowest BCUT2D eigenvalue weighted by Gasteiger charge is -2.39. The molecule has 18 heteroatoms. The van der Waals surface area contributed by atoms with Crippen LogP contribution in [0.4, 0.5) is 26.3 Å². The summed E-state index contributed by atoms with van der Waals surface area (Å²) in [5, 5.41) is 17.7. The van der Waals surface area contributed by atoms with Gasteiger partial charge in [-0.1, -0.05) is 12.1 Å². The highest BCUT2D eigenvalue weighted by Gasteiger charge is 2.39. The summed E-state index contributed by atoms with van der Waals surface area (Å²) < 4.78 is 90.4. The van der Waals surface area contributed by atoms with Crippen LogP contribution in [-0.4, -0.2) is 94.8 Å². The number of rotatable bonds is 3. The highest BCUT2D eigenvalue weighted by atomic mass is 32.2. The van der Waals surface area contributed by atoms with E-state index in [1.807, 2.05) is 12.1 Å². The molecule has 0 spiro atoms. The average Bonchev–Trinajstić information content (AvgIpc) is 3.16. The first kappa shape index (κ1) is 33.1. The second-order valence-corrected chi connectivity index (χ2v) is 10.9. The Balaban J connectivity index is 0.000000333. The zero-order chi connectivity index (χ0) is 30.5. The van der Waals surface area contributed by atoms with E-state index in [0.717, 1.165) is 49.2 Å². The fourth-order valence-corrected chi connectivity index (χ4v) is 5.38. The number of hydrogen-bond donors (Lipinski definition) is 3. The van der Waals surface area contributed by atoms with Crippen LogP contribution in [0.3, 0.4) is 0 Å². The third kappa shape index (κ3) is 8.69. The van der Waals surface area contributed by atoms with Crippen LogP contribution in [0.25, 0.3) is 11.0 Å². The Bertz CT molecular complexity index is 1320. The van der Waals surface area contributed by atoms with Crippen molar-refractivity contribution in [3.05, 3.63) is 34.7 Å². The fourth-order valence-electron chi connectivity index (χ4n) is 4.50. The van der Waals surface area contributed by atoms with Gasteiger partial charge in [-0.05, 0) is 50.9 Å². The Hall–Kier alpha value is -3.12. The second-order valence-electron chi connectivity index (χ2n) is 9.02. The summed E-state index contributed by atoms with van der Waals surface area (Å²) >= 11 is 0. The van der Waals surface area contributed by atoms with E-state index in [4.69, 9.17) is 19.8 Å². The SMILES string of the molecule is CS(=O)(=O)n1c(=O)n(C2CCN(C3CCNCC3)CC2)c2ccccc21.O=C(O)C(F)(F)F.O=C(O)C(F)(F)F. The van der Waals surface area contributed by atoms with Gasteiger partial charge < -0.3 is 20.4 Å². The van der Waals surface area contributed by atoms with E-state index < -0.39 is 40.0 Å². The molecule has 0 atom stereocenters. The van der Waals surface area contributed by atoms with Crippen LogP contribution < -0.4 is 11.0 Å². The van der Waals surface area contributed by atoms with Gasteiger partial charge in [0.2, 0.25) is 10.0 Å².